The van der Waals surface area contributed by atoms with E-state index >= 15 is 0 Å². The van der Waals surface area contributed by atoms with Crippen LogP contribution in [0.2, 0.25) is 0 Å². The highest BCUT2D eigenvalue weighted by atomic mass is 35.5. The molecule has 0 saturated carbocycles. The van der Waals surface area contributed by atoms with Gasteiger partial charge in [0.05, 0.1) is 27.4 Å². The predicted molar refractivity (Wildman–Crippen MR) is 79.2 cm³/mol. The fraction of sp³-hybridized carbons (Fsp3) is 0.467. The van der Waals surface area contributed by atoms with Crippen LogP contribution >= 0.6 is 0 Å². The summed E-state index contributed by atoms with van der Waals surface area (Å²) in [6.07, 6.45) is 1.66. The Balaban J connectivity index is 0.00000361. The average molecular weight is 298 g/mol. The molecule has 0 unspecified atom stereocenters. The van der Waals surface area contributed by atoms with Crippen LogP contribution in [-0.2, 0) is 4.79 Å². The van der Waals surface area contributed by atoms with Crippen molar-refractivity contribution >= 4 is 12.1 Å². The molecule has 0 heterocycles. The first kappa shape index (κ1) is 18.6. The maximum absolute atomic E-state index is 11.6. The minimum atomic E-state index is -0.0810. The Hall–Kier alpha value is -1.39. The highest BCUT2D eigenvalue weighted by Gasteiger charge is 2.12. The molecule has 20 heavy (non-hydrogen) atoms. The summed E-state index contributed by atoms with van der Waals surface area (Å²) in [5.74, 6) is 0.442. The van der Waals surface area contributed by atoms with Crippen molar-refractivity contribution in [2.45, 2.75) is 19.8 Å². The average Bonchev–Trinajstić information content (AvgIpc) is 2.27. The van der Waals surface area contributed by atoms with E-state index in [2.05, 4.69) is 36.5 Å². The molecule has 1 aromatic carbocycles. The molecule has 0 spiro atoms. The molecule has 1 aromatic rings. The highest BCUT2D eigenvalue weighted by molar-refractivity contribution is 5.82. The lowest BCUT2D eigenvalue weighted by Gasteiger charge is -2.21. The van der Waals surface area contributed by atoms with E-state index < -0.39 is 0 Å². The van der Waals surface area contributed by atoms with Gasteiger partial charge in [-0.15, -0.1) is 0 Å². The first-order valence-corrected chi connectivity index (χ1v) is 6.50. The molecule has 0 bridgehead atoms. The monoisotopic (exact) mass is 297 g/mol. The quantitative estimate of drug-likeness (QED) is 0.421. The van der Waals surface area contributed by atoms with Gasteiger partial charge in [-0.1, -0.05) is 38.1 Å². The molecule has 0 fully saturated rings. The van der Waals surface area contributed by atoms with Crippen molar-refractivity contribution in [1.29, 1.82) is 0 Å². The van der Waals surface area contributed by atoms with Crippen molar-refractivity contribution in [2.75, 3.05) is 27.7 Å². The minimum absolute atomic E-state index is 0. The summed E-state index contributed by atoms with van der Waals surface area (Å²) in [5.41, 5.74) is 4.82. The van der Waals surface area contributed by atoms with Gasteiger partial charge in [0.15, 0.2) is 6.54 Å². The Labute approximate surface area is 127 Å². The zero-order valence-corrected chi connectivity index (χ0v) is 13.6. The molecule has 0 aromatic heterocycles. The number of nitrogens with zero attached hydrogens (tertiary/aromatic N) is 2. The highest BCUT2D eigenvalue weighted by Crippen LogP contribution is 2.13. The van der Waals surface area contributed by atoms with Crippen molar-refractivity contribution in [3.05, 3.63) is 35.4 Å². The molecule has 0 aliphatic carbocycles. The summed E-state index contributed by atoms with van der Waals surface area (Å²) >= 11 is 0. The van der Waals surface area contributed by atoms with E-state index in [0.717, 1.165) is 5.56 Å². The molecule has 0 saturated heterocycles. The van der Waals surface area contributed by atoms with Gasteiger partial charge in [0.1, 0.15) is 0 Å². The van der Waals surface area contributed by atoms with Gasteiger partial charge in [-0.2, -0.15) is 5.10 Å². The fourth-order valence-electron chi connectivity index (χ4n) is 1.61. The van der Waals surface area contributed by atoms with Crippen LogP contribution in [0.5, 0.6) is 0 Å². The van der Waals surface area contributed by atoms with Crippen molar-refractivity contribution in [3.63, 3.8) is 0 Å². The first-order valence-electron chi connectivity index (χ1n) is 6.50. The molecule has 4 nitrogen and oxygen atoms in total. The molecular weight excluding hydrogens is 274 g/mol. The van der Waals surface area contributed by atoms with Gasteiger partial charge >= 0.3 is 0 Å². The molecule has 112 valence electrons. The Bertz CT molecular complexity index is 447. The summed E-state index contributed by atoms with van der Waals surface area (Å²) < 4.78 is 0.588. The van der Waals surface area contributed by atoms with E-state index in [1.807, 2.05) is 33.3 Å². The second-order valence-electron chi connectivity index (χ2n) is 6.06. The summed E-state index contributed by atoms with van der Waals surface area (Å²) in [5, 5.41) is 3.97. The van der Waals surface area contributed by atoms with Gasteiger partial charge in [-0.25, -0.2) is 5.43 Å². The maximum atomic E-state index is 11.6. The molecule has 0 radical (unpaired) electrons. The number of hydrogen-bond acceptors (Lipinski definition) is 2. The molecule has 1 N–H and O–H groups in total. The molecule has 1 amide bonds. The van der Waals surface area contributed by atoms with Crippen molar-refractivity contribution in [3.8, 4) is 0 Å². The second kappa shape index (κ2) is 8.02. The van der Waals surface area contributed by atoms with Crippen molar-refractivity contribution in [2.24, 2.45) is 5.10 Å². The van der Waals surface area contributed by atoms with Crippen molar-refractivity contribution in [1.82, 2.24) is 5.43 Å². The topological polar surface area (TPSA) is 41.5 Å². The molecule has 0 aliphatic heterocycles. The lowest BCUT2D eigenvalue weighted by molar-refractivity contribution is -0.862. The third kappa shape index (κ3) is 7.26. The van der Waals surface area contributed by atoms with E-state index in [0.29, 0.717) is 16.9 Å². The number of carbonyl (C=O) groups is 1. The van der Waals surface area contributed by atoms with Crippen LogP contribution in [0.3, 0.4) is 0 Å². The van der Waals surface area contributed by atoms with Crippen LogP contribution in [0.4, 0.5) is 0 Å². The van der Waals surface area contributed by atoms with E-state index in [9.17, 15) is 4.79 Å². The number of nitrogens with one attached hydrogen (secondary N) is 1. The molecule has 0 atom stereocenters. The number of carbonyl (C=O) groups excluding carboxylic acids is 1. The lowest BCUT2D eigenvalue weighted by Crippen LogP contribution is -3.00. The second-order valence-corrected chi connectivity index (χ2v) is 6.06. The van der Waals surface area contributed by atoms with Crippen LogP contribution in [0.15, 0.2) is 29.4 Å². The van der Waals surface area contributed by atoms with Crippen molar-refractivity contribution < 1.29 is 21.7 Å². The molecule has 1 rings (SSSR count). The third-order valence-electron chi connectivity index (χ3n) is 2.62. The standard InChI is InChI=1S/C15H23N3O.ClH/c1-12(2)14-8-6-13(7-9-14)10-16-17-15(19)11-18(3,4)5;/h6-10,12H,11H2,1-5H3;1H/b16-10-;. The lowest BCUT2D eigenvalue weighted by atomic mass is 10.0. The number of quaternary nitrogens is 1. The van der Waals surface area contributed by atoms with Gasteiger partial charge in [0, 0.05) is 0 Å². The largest absolute Gasteiger partial charge is 1.00 e. The smallest absolute Gasteiger partial charge is 0.295 e. The summed E-state index contributed by atoms with van der Waals surface area (Å²) in [7, 11) is 5.90. The maximum Gasteiger partial charge on any atom is 0.295 e. The Morgan fingerprint density at radius 2 is 1.80 bits per heavy atom. The number of hydrogen-bond donors (Lipinski definition) is 1. The summed E-state index contributed by atoms with van der Waals surface area (Å²) in [6.45, 7) is 4.73. The van der Waals surface area contributed by atoms with Crippen LogP contribution in [-0.4, -0.2) is 44.3 Å². The van der Waals surface area contributed by atoms with Crippen LogP contribution in [0, 0.1) is 0 Å². The molecule has 0 aliphatic rings. The zero-order chi connectivity index (χ0) is 14.5. The normalized spacial score (nSPS) is 11.5. The predicted octanol–water partition coefficient (Wildman–Crippen LogP) is -1.03. The fourth-order valence-corrected chi connectivity index (χ4v) is 1.61. The van der Waals surface area contributed by atoms with Crippen LogP contribution in [0.1, 0.15) is 30.9 Å². The van der Waals surface area contributed by atoms with Gasteiger partial charge in [0.25, 0.3) is 5.91 Å². The van der Waals surface area contributed by atoms with Gasteiger partial charge in [-0.05, 0) is 17.0 Å². The van der Waals surface area contributed by atoms with E-state index in [1.54, 1.807) is 6.21 Å². The van der Waals surface area contributed by atoms with Crippen LogP contribution < -0.4 is 17.8 Å². The zero-order valence-electron chi connectivity index (χ0n) is 12.9. The van der Waals surface area contributed by atoms with E-state index in [-0.39, 0.29) is 18.3 Å². The third-order valence-corrected chi connectivity index (χ3v) is 2.62. The number of halogens is 1. The minimum Gasteiger partial charge on any atom is -1.00 e. The Morgan fingerprint density at radius 3 is 2.25 bits per heavy atom. The number of amides is 1. The number of benzene rings is 1. The number of rotatable bonds is 5. The summed E-state index contributed by atoms with van der Waals surface area (Å²) in [6, 6.07) is 8.18. The number of likely N-dealkylation sites (N-methyl/N-ethyl adjacent to an activating group) is 1. The van der Waals surface area contributed by atoms with Gasteiger partial charge in [0.2, 0.25) is 0 Å². The summed E-state index contributed by atoms with van der Waals surface area (Å²) in [4.78, 5) is 11.6. The van der Waals surface area contributed by atoms with Gasteiger partial charge < -0.3 is 16.9 Å². The Morgan fingerprint density at radius 1 is 1.25 bits per heavy atom. The van der Waals surface area contributed by atoms with E-state index in [4.69, 9.17) is 0 Å². The van der Waals surface area contributed by atoms with Crippen LogP contribution in [0.25, 0.3) is 0 Å². The first-order chi connectivity index (χ1) is 8.78. The molecular formula is C15H24ClN3O. The van der Waals surface area contributed by atoms with E-state index in [1.165, 1.54) is 5.56 Å². The van der Waals surface area contributed by atoms with Gasteiger partial charge in [-0.3, -0.25) is 4.79 Å². The Kier molecular flexibility index (Phi) is 7.46. The number of hydrazone groups is 1. The molecule has 5 heteroatoms. The SMILES string of the molecule is CC(C)c1ccc(/C=N\NC(=O)C[N+](C)(C)C)cc1.[Cl-].